The summed E-state index contributed by atoms with van der Waals surface area (Å²) in [6.07, 6.45) is 5.60. The second kappa shape index (κ2) is 7.25. The fourth-order valence-electron chi connectivity index (χ4n) is 3.04. The number of hydrogen-bond acceptors (Lipinski definition) is 5. The molecule has 3 aromatic rings. The highest BCUT2D eigenvalue weighted by molar-refractivity contribution is 7.17. The summed E-state index contributed by atoms with van der Waals surface area (Å²) < 4.78 is 14.9. The van der Waals surface area contributed by atoms with Gasteiger partial charge in [0, 0.05) is 31.2 Å². The first-order valence-corrected chi connectivity index (χ1v) is 9.29. The van der Waals surface area contributed by atoms with Crippen LogP contribution in [0.3, 0.4) is 0 Å². The molecular formula is C18H18FN5OS. The topological polar surface area (TPSA) is 63.1 Å². The molecule has 0 aliphatic carbocycles. The van der Waals surface area contributed by atoms with Gasteiger partial charge in [-0.15, -0.1) is 10.2 Å². The molecule has 26 heavy (non-hydrogen) atoms. The van der Waals surface area contributed by atoms with Gasteiger partial charge in [0.1, 0.15) is 5.82 Å². The molecule has 1 fully saturated rings. The third-order valence-corrected chi connectivity index (χ3v) is 5.40. The van der Waals surface area contributed by atoms with Gasteiger partial charge >= 0.3 is 0 Å². The molecule has 8 heteroatoms. The number of carbonyl (C=O) groups is 1. The number of carbonyl (C=O) groups excluding carboxylic acids is 1. The van der Waals surface area contributed by atoms with Crippen molar-refractivity contribution in [3.63, 3.8) is 0 Å². The summed E-state index contributed by atoms with van der Waals surface area (Å²) in [5.41, 5.74) is 0.610. The van der Waals surface area contributed by atoms with Crippen LogP contribution in [0.15, 0.2) is 48.8 Å². The molecule has 0 saturated carbocycles. The highest BCUT2D eigenvalue weighted by Gasteiger charge is 2.27. The minimum Gasteiger partial charge on any atom is -0.346 e. The van der Waals surface area contributed by atoms with Crippen LogP contribution in [0.25, 0.3) is 5.13 Å². The van der Waals surface area contributed by atoms with Crippen molar-refractivity contribution in [2.45, 2.75) is 12.8 Å². The van der Waals surface area contributed by atoms with Crippen molar-refractivity contribution in [2.24, 2.45) is 5.92 Å². The molecule has 1 N–H and O–H groups in total. The fourth-order valence-corrected chi connectivity index (χ4v) is 3.89. The smallest absolute Gasteiger partial charge is 0.229 e. The summed E-state index contributed by atoms with van der Waals surface area (Å²) in [4.78, 5) is 14.7. The number of hydrogen-bond donors (Lipinski definition) is 1. The first-order chi connectivity index (χ1) is 12.7. The van der Waals surface area contributed by atoms with E-state index in [2.05, 4.69) is 20.4 Å². The number of nitrogens with zero attached hydrogens (tertiary/aromatic N) is 4. The van der Waals surface area contributed by atoms with Crippen molar-refractivity contribution < 1.29 is 9.18 Å². The quantitative estimate of drug-likeness (QED) is 0.764. The van der Waals surface area contributed by atoms with Crippen LogP contribution in [-0.4, -0.2) is 33.8 Å². The van der Waals surface area contributed by atoms with Crippen LogP contribution in [0.2, 0.25) is 0 Å². The second-order valence-corrected chi connectivity index (χ2v) is 7.17. The number of anilines is 2. The van der Waals surface area contributed by atoms with Crippen LogP contribution in [0, 0.1) is 11.7 Å². The molecule has 0 spiro atoms. The van der Waals surface area contributed by atoms with Gasteiger partial charge in [-0.3, -0.25) is 9.36 Å². The molecule has 2 aromatic heterocycles. The Kier molecular flexibility index (Phi) is 4.66. The molecule has 1 aliphatic rings. The predicted octanol–water partition coefficient (Wildman–Crippen LogP) is 3.32. The molecule has 134 valence electrons. The molecule has 1 atom stereocenters. The van der Waals surface area contributed by atoms with Crippen molar-refractivity contribution in [1.82, 2.24) is 14.8 Å². The van der Waals surface area contributed by atoms with Crippen molar-refractivity contribution in [2.75, 3.05) is 23.3 Å². The van der Waals surface area contributed by atoms with Crippen LogP contribution in [0.1, 0.15) is 12.8 Å². The van der Waals surface area contributed by atoms with Crippen LogP contribution in [0.4, 0.5) is 15.2 Å². The SMILES string of the molecule is O=C(Nc1ccc(F)cc1)C1CCCN(c2nnc(-n3cccc3)s2)C1. The monoisotopic (exact) mass is 371 g/mol. The van der Waals surface area contributed by atoms with Gasteiger partial charge in [-0.2, -0.15) is 0 Å². The maximum absolute atomic E-state index is 13.0. The number of piperidine rings is 1. The Bertz CT molecular complexity index is 877. The van der Waals surface area contributed by atoms with Crippen molar-refractivity contribution in [1.29, 1.82) is 0 Å². The van der Waals surface area contributed by atoms with Gasteiger partial charge in [0.25, 0.3) is 0 Å². The number of rotatable bonds is 4. The van der Waals surface area contributed by atoms with Gasteiger partial charge in [-0.05, 0) is 49.2 Å². The van der Waals surface area contributed by atoms with E-state index < -0.39 is 0 Å². The Hall–Kier alpha value is -2.74. The average molecular weight is 371 g/mol. The third kappa shape index (κ3) is 3.60. The first-order valence-electron chi connectivity index (χ1n) is 8.47. The molecule has 1 aromatic carbocycles. The summed E-state index contributed by atoms with van der Waals surface area (Å²) >= 11 is 1.51. The predicted molar refractivity (Wildman–Crippen MR) is 99.2 cm³/mol. The van der Waals surface area contributed by atoms with E-state index in [-0.39, 0.29) is 17.6 Å². The molecule has 1 unspecified atom stereocenters. The van der Waals surface area contributed by atoms with E-state index in [1.807, 2.05) is 29.1 Å². The zero-order chi connectivity index (χ0) is 17.9. The summed E-state index contributed by atoms with van der Waals surface area (Å²) in [6, 6.07) is 9.71. The third-order valence-electron chi connectivity index (χ3n) is 4.40. The van der Waals surface area contributed by atoms with Crippen LogP contribution < -0.4 is 10.2 Å². The standard InChI is InChI=1S/C18H18FN5OS/c19-14-5-7-15(8-6-14)20-16(25)13-4-3-11-24(12-13)18-22-21-17(26-18)23-9-1-2-10-23/h1-2,5-10,13H,3-4,11-12H2,(H,20,25). The van der Waals surface area contributed by atoms with Crippen LogP contribution >= 0.6 is 11.3 Å². The zero-order valence-corrected chi connectivity index (χ0v) is 14.8. The number of amides is 1. The Labute approximate surface area is 154 Å². The Balaban J connectivity index is 1.42. The van der Waals surface area contributed by atoms with Gasteiger partial charge < -0.3 is 10.2 Å². The Morgan fingerprint density at radius 2 is 1.88 bits per heavy atom. The van der Waals surface area contributed by atoms with Crippen molar-refractivity contribution in [3.8, 4) is 5.13 Å². The Morgan fingerprint density at radius 1 is 1.15 bits per heavy atom. The highest BCUT2D eigenvalue weighted by atomic mass is 32.1. The van der Waals surface area contributed by atoms with Crippen LogP contribution in [0.5, 0.6) is 0 Å². The van der Waals surface area contributed by atoms with E-state index in [1.165, 1.54) is 23.5 Å². The summed E-state index contributed by atoms with van der Waals surface area (Å²) in [7, 11) is 0. The minimum atomic E-state index is -0.318. The number of nitrogens with one attached hydrogen (secondary N) is 1. The molecule has 1 saturated heterocycles. The lowest BCUT2D eigenvalue weighted by Gasteiger charge is -2.31. The molecule has 3 heterocycles. The fraction of sp³-hybridized carbons (Fsp3) is 0.278. The highest BCUT2D eigenvalue weighted by Crippen LogP contribution is 2.28. The van der Waals surface area contributed by atoms with Crippen molar-refractivity contribution in [3.05, 3.63) is 54.6 Å². The second-order valence-electron chi connectivity index (χ2n) is 6.24. The summed E-state index contributed by atoms with van der Waals surface area (Å²) in [6.45, 7) is 1.47. The lowest BCUT2D eigenvalue weighted by Crippen LogP contribution is -2.40. The van der Waals surface area contributed by atoms with E-state index in [0.29, 0.717) is 12.2 Å². The van der Waals surface area contributed by atoms with E-state index in [4.69, 9.17) is 0 Å². The van der Waals surface area contributed by atoms with Crippen LogP contribution in [-0.2, 0) is 4.79 Å². The largest absolute Gasteiger partial charge is 0.346 e. The van der Waals surface area contributed by atoms with Gasteiger partial charge in [0.2, 0.25) is 16.2 Å². The van der Waals surface area contributed by atoms with E-state index >= 15 is 0 Å². The van der Waals surface area contributed by atoms with E-state index in [0.717, 1.165) is 29.6 Å². The first kappa shape index (κ1) is 16.7. The molecule has 1 aliphatic heterocycles. The number of aromatic nitrogens is 3. The Morgan fingerprint density at radius 3 is 2.65 bits per heavy atom. The number of benzene rings is 1. The van der Waals surface area contributed by atoms with E-state index in [9.17, 15) is 9.18 Å². The van der Waals surface area contributed by atoms with Gasteiger partial charge in [0.05, 0.1) is 5.92 Å². The lowest BCUT2D eigenvalue weighted by molar-refractivity contribution is -0.120. The lowest BCUT2D eigenvalue weighted by atomic mass is 9.97. The molecule has 4 rings (SSSR count). The maximum Gasteiger partial charge on any atom is 0.229 e. The molecule has 1 amide bonds. The van der Waals surface area contributed by atoms with Gasteiger partial charge in [0.15, 0.2) is 0 Å². The zero-order valence-electron chi connectivity index (χ0n) is 14.0. The summed E-state index contributed by atoms with van der Waals surface area (Å²) in [5, 5.41) is 13.0. The molecule has 0 radical (unpaired) electrons. The average Bonchev–Trinajstić information content (AvgIpc) is 3.35. The van der Waals surface area contributed by atoms with Gasteiger partial charge in [-0.25, -0.2) is 4.39 Å². The van der Waals surface area contributed by atoms with Gasteiger partial charge in [-0.1, -0.05) is 11.3 Å². The minimum absolute atomic E-state index is 0.0449. The number of halogens is 1. The molecular weight excluding hydrogens is 353 g/mol. The molecule has 0 bridgehead atoms. The van der Waals surface area contributed by atoms with E-state index in [1.54, 1.807) is 12.1 Å². The maximum atomic E-state index is 13.0. The normalized spacial score (nSPS) is 17.3. The molecule has 6 nitrogen and oxygen atoms in total. The van der Waals surface area contributed by atoms with Crippen molar-refractivity contribution >= 4 is 28.1 Å². The summed E-state index contributed by atoms with van der Waals surface area (Å²) in [5.74, 6) is -0.495.